The summed E-state index contributed by atoms with van der Waals surface area (Å²) in [5.74, 6) is 1.02. The highest BCUT2D eigenvalue weighted by atomic mass is 35.5. The van der Waals surface area contributed by atoms with Gasteiger partial charge < -0.3 is 20.3 Å². The monoisotopic (exact) mass is 319 g/mol. The van der Waals surface area contributed by atoms with Crippen LogP contribution in [0.4, 0.5) is 0 Å². The summed E-state index contributed by atoms with van der Waals surface area (Å²) in [5, 5.41) is 6.15. The van der Waals surface area contributed by atoms with Crippen molar-refractivity contribution >= 4 is 24.2 Å². The summed E-state index contributed by atoms with van der Waals surface area (Å²) < 4.78 is 4.80. The molecular formula is C14H26ClN3O3. The fourth-order valence-electron chi connectivity index (χ4n) is 3.09. The minimum absolute atomic E-state index is 0. The highest BCUT2D eigenvalue weighted by Gasteiger charge is 2.40. The molecular weight excluding hydrogens is 294 g/mol. The zero-order valence-electron chi connectivity index (χ0n) is 12.9. The molecule has 0 saturated carbocycles. The average Bonchev–Trinajstić information content (AvgIpc) is 2.95. The van der Waals surface area contributed by atoms with Gasteiger partial charge in [0.15, 0.2) is 0 Å². The average molecular weight is 320 g/mol. The van der Waals surface area contributed by atoms with Crippen molar-refractivity contribution in [1.29, 1.82) is 0 Å². The zero-order chi connectivity index (χ0) is 14.7. The van der Waals surface area contributed by atoms with Crippen LogP contribution in [0.15, 0.2) is 0 Å². The van der Waals surface area contributed by atoms with Crippen LogP contribution in [0.2, 0.25) is 0 Å². The summed E-state index contributed by atoms with van der Waals surface area (Å²) in [7, 11) is 1.47. The topological polar surface area (TPSA) is 70.7 Å². The molecule has 2 N–H and O–H groups in total. The molecule has 2 fully saturated rings. The second-order valence-corrected chi connectivity index (χ2v) is 6.14. The molecule has 0 aromatic carbocycles. The molecule has 21 heavy (non-hydrogen) atoms. The number of halogens is 1. The van der Waals surface area contributed by atoms with E-state index in [1.165, 1.54) is 7.11 Å². The number of ether oxygens (including phenoxy) is 1. The first-order chi connectivity index (χ1) is 9.52. The van der Waals surface area contributed by atoms with Crippen LogP contribution in [0.3, 0.4) is 0 Å². The molecule has 6 nitrogen and oxygen atoms in total. The molecule has 2 aliphatic rings. The van der Waals surface area contributed by atoms with Crippen LogP contribution in [0, 0.1) is 17.8 Å². The van der Waals surface area contributed by atoms with Gasteiger partial charge in [0, 0.05) is 33.3 Å². The molecule has 0 bridgehead atoms. The van der Waals surface area contributed by atoms with E-state index in [0.29, 0.717) is 11.8 Å². The largest absolute Gasteiger partial charge is 0.375 e. The Morgan fingerprint density at radius 2 is 1.86 bits per heavy atom. The van der Waals surface area contributed by atoms with Crippen LogP contribution in [-0.2, 0) is 14.3 Å². The summed E-state index contributed by atoms with van der Waals surface area (Å²) in [5.41, 5.74) is 0. The molecule has 0 spiro atoms. The number of nitrogens with zero attached hydrogens (tertiary/aromatic N) is 1. The van der Waals surface area contributed by atoms with Crippen molar-refractivity contribution < 1.29 is 14.3 Å². The molecule has 2 amide bonds. The van der Waals surface area contributed by atoms with Crippen LogP contribution in [0.25, 0.3) is 0 Å². The second kappa shape index (κ2) is 7.96. The molecule has 0 aromatic rings. The number of hydrogen-bond donors (Lipinski definition) is 2. The van der Waals surface area contributed by atoms with Gasteiger partial charge in [-0.2, -0.15) is 0 Å². The van der Waals surface area contributed by atoms with Gasteiger partial charge in [0.25, 0.3) is 0 Å². The fourth-order valence-corrected chi connectivity index (χ4v) is 3.09. The van der Waals surface area contributed by atoms with E-state index in [4.69, 9.17) is 4.74 Å². The smallest absolute Gasteiger partial charge is 0.246 e. The lowest BCUT2D eigenvalue weighted by molar-refractivity contribution is -0.138. The van der Waals surface area contributed by atoms with E-state index >= 15 is 0 Å². The van der Waals surface area contributed by atoms with E-state index in [1.807, 2.05) is 18.7 Å². The highest BCUT2D eigenvalue weighted by Crippen LogP contribution is 2.27. The van der Waals surface area contributed by atoms with E-state index in [9.17, 15) is 9.59 Å². The number of carbonyl (C=O) groups excluding carboxylic acids is 2. The lowest BCUT2D eigenvalue weighted by Crippen LogP contribution is -2.51. The van der Waals surface area contributed by atoms with Crippen LogP contribution < -0.4 is 10.6 Å². The van der Waals surface area contributed by atoms with Crippen LogP contribution in [-0.4, -0.2) is 62.7 Å². The van der Waals surface area contributed by atoms with Crippen molar-refractivity contribution in [2.75, 3.05) is 39.9 Å². The predicted molar refractivity (Wildman–Crippen MR) is 82.3 cm³/mol. The predicted octanol–water partition coefficient (Wildman–Crippen LogP) is -0.127. The van der Waals surface area contributed by atoms with Gasteiger partial charge in [-0.1, -0.05) is 13.8 Å². The lowest BCUT2D eigenvalue weighted by atomic mass is 10.0. The molecule has 0 aliphatic carbocycles. The number of rotatable bonds is 5. The quantitative estimate of drug-likeness (QED) is 0.741. The van der Waals surface area contributed by atoms with Gasteiger partial charge in [-0.15, -0.1) is 12.4 Å². The van der Waals surface area contributed by atoms with E-state index in [-0.39, 0.29) is 36.7 Å². The molecule has 2 rings (SSSR count). The Bertz CT molecular complexity index is 366. The number of fused-ring (bicyclic) bond motifs is 1. The van der Waals surface area contributed by atoms with Crippen molar-refractivity contribution in [1.82, 2.24) is 15.5 Å². The van der Waals surface area contributed by atoms with Gasteiger partial charge in [-0.05, 0) is 17.8 Å². The molecule has 3 atom stereocenters. The van der Waals surface area contributed by atoms with Crippen molar-refractivity contribution in [2.45, 2.75) is 19.9 Å². The molecule has 2 aliphatic heterocycles. The molecule has 7 heteroatoms. The van der Waals surface area contributed by atoms with Crippen LogP contribution >= 0.6 is 12.4 Å². The van der Waals surface area contributed by atoms with E-state index in [2.05, 4.69) is 10.6 Å². The summed E-state index contributed by atoms with van der Waals surface area (Å²) in [6.45, 7) is 7.50. The van der Waals surface area contributed by atoms with Crippen molar-refractivity contribution in [3.63, 3.8) is 0 Å². The van der Waals surface area contributed by atoms with Gasteiger partial charge in [-0.25, -0.2) is 0 Å². The van der Waals surface area contributed by atoms with Gasteiger partial charge in [-0.3, -0.25) is 9.59 Å². The third-order valence-electron chi connectivity index (χ3n) is 4.23. The molecule has 2 heterocycles. The van der Waals surface area contributed by atoms with Gasteiger partial charge in [0.05, 0.1) is 0 Å². The van der Waals surface area contributed by atoms with Crippen LogP contribution in [0.1, 0.15) is 13.8 Å². The fraction of sp³-hybridized carbons (Fsp3) is 0.857. The first-order valence-corrected chi connectivity index (χ1v) is 7.30. The standard InChI is InChI=1S/C14H25N3O3.ClH/c1-9(2)13(16-12(18)8-20-3)14(19)17-6-10-4-15-5-11(10)7-17;/h9-11,13,15H,4-8H2,1-3H3,(H,16,18);1H/t10-,11+,13-;/m0./s1. The number of nitrogens with one attached hydrogen (secondary N) is 2. The molecule has 0 aromatic heterocycles. The SMILES string of the molecule is COCC(=O)N[C@H](C(=O)N1C[C@H]2CNC[C@H]2C1)C(C)C.Cl. The Labute approximate surface area is 132 Å². The number of methoxy groups -OCH3 is 1. The van der Waals surface area contributed by atoms with Crippen molar-refractivity contribution in [3.05, 3.63) is 0 Å². The van der Waals surface area contributed by atoms with E-state index < -0.39 is 6.04 Å². The molecule has 0 unspecified atom stereocenters. The highest BCUT2D eigenvalue weighted by molar-refractivity contribution is 5.88. The van der Waals surface area contributed by atoms with E-state index in [0.717, 1.165) is 26.2 Å². The first-order valence-electron chi connectivity index (χ1n) is 7.30. The Balaban J connectivity index is 0.00000220. The normalized spacial score (nSPS) is 25.4. The van der Waals surface area contributed by atoms with Gasteiger partial charge in [0.2, 0.25) is 11.8 Å². The Morgan fingerprint density at radius 1 is 1.29 bits per heavy atom. The minimum Gasteiger partial charge on any atom is -0.375 e. The summed E-state index contributed by atoms with van der Waals surface area (Å²) in [6, 6.07) is -0.454. The number of likely N-dealkylation sites (tertiary alicyclic amines) is 1. The molecule has 122 valence electrons. The number of carbonyl (C=O) groups is 2. The summed E-state index contributed by atoms with van der Waals surface area (Å²) in [4.78, 5) is 26.2. The summed E-state index contributed by atoms with van der Waals surface area (Å²) in [6.07, 6.45) is 0. The van der Waals surface area contributed by atoms with Crippen molar-refractivity contribution in [2.24, 2.45) is 17.8 Å². The van der Waals surface area contributed by atoms with Gasteiger partial charge >= 0.3 is 0 Å². The Hall–Kier alpha value is -0.850. The molecule has 0 radical (unpaired) electrons. The minimum atomic E-state index is -0.454. The maximum Gasteiger partial charge on any atom is 0.246 e. The van der Waals surface area contributed by atoms with Crippen LogP contribution in [0.5, 0.6) is 0 Å². The first kappa shape index (κ1) is 18.2. The third kappa shape index (κ3) is 4.31. The Kier molecular flexibility index (Phi) is 6.90. The third-order valence-corrected chi connectivity index (χ3v) is 4.23. The molecule has 2 saturated heterocycles. The van der Waals surface area contributed by atoms with Gasteiger partial charge in [0.1, 0.15) is 12.6 Å². The lowest BCUT2D eigenvalue weighted by Gasteiger charge is -2.27. The number of amides is 2. The maximum absolute atomic E-state index is 12.6. The number of hydrogen-bond acceptors (Lipinski definition) is 4. The van der Waals surface area contributed by atoms with E-state index in [1.54, 1.807) is 0 Å². The summed E-state index contributed by atoms with van der Waals surface area (Å²) >= 11 is 0. The Morgan fingerprint density at radius 3 is 2.33 bits per heavy atom. The second-order valence-electron chi connectivity index (χ2n) is 6.14. The van der Waals surface area contributed by atoms with Crippen molar-refractivity contribution in [3.8, 4) is 0 Å². The zero-order valence-corrected chi connectivity index (χ0v) is 13.7. The maximum atomic E-state index is 12.6.